The van der Waals surface area contributed by atoms with Gasteiger partial charge in [0.1, 0.15) is 0 Å². The van der Waals surface area contributed by atoms with Crippen molar-refractivity contribution in [2.24, 2.45) is 0 Å². The summed E-state index contributed by atoms with van der Waals surface area (Å²) in [6, 6.07) is 8.12. The summed E-state index contributed by atoms with van der Waals surface area (Å²) in [5, 5.41) is 0. The van der Waals surface area contributed by atoms with Gasteiger partial charge >= 0.3 is 5.97 Å². The summed E-state index contributed by atoms with van der Waals surface area (Å²) in [6.45, 7) is -0.277. The van der Waals surface area contributed by atoms with Crippen LogP contribution in [0.5, 0.6) is 0 Å². The van der Waals surface area contributed by atoms with E-state index in [-0.39, 0.29) is 6.54 Å². The zero-order chi connectivity index (χ0) is 13.6. The summed E-state index contributed by atoms with van der Waals surface area (Å²) in [6.07, 6.45) is 0.180. The number of aldehydes is 1. The molecule has 1 aromatic rings. The summed E-state index contributed by atoms with van der Waals surface area (Å²) in [7, 11) is -3.43. The lowest BCUT2D eigenvalue weighted by Crippen LogP contribution is -2.35. The van der Waals surface area contributed by atoms with Gasteiger partial charge in [0.15, 0.2) is 12.4 Å². The number of hydrogen-bond acceptors (Lipinski definition) is 5. The van der Waals surface area contributed by atoms with Crippen LogP contribution in [0.15, 0.2) is 30.3 Å². The minimum absolute atomic E-state index is 0.277. The number of benzene rings is 1. The smallest absolute Gasteiger partial charge is 0.338 e. The Hall–Kier alpha value is -1.73. The van der Waals surface area contributed by atoms with Gasteiger partial charge in [-0.1, -0.05) is 18.2 Å². The van der Waals surface area contributed by atoms with Gasteiger partial charge in [-0.25, -0.2) is 17.9 Å². The molecular weight excluding hydrogens is 258 g/mol. The molecule has 1 atom stereocenters. The van der Waals surface area contributed by atoms with Crippen LogP contribution in [-0.4, -0.2) is 39.6 Å². The quantitative estimate of drug-likeness (QED) is 0.579. The normalized spacial score (nSPS) is 12.7. The van der Waals surface area contributed by atoms with Crippen molar-refractivity contribution in [3.8, 4) is 0 Å². The number of carbonyl (C=O) groups is 2. The molecule has 0 saturated heterocycles. The maximum atomic E-state index is 11.6. The lowest BCUT2D eigenvalue weighted by atomic mass is 10.2. The minimum Gasteiger partial charge on any atom is -0.450 e. The van der Waals surface area contributed by atoms with Crippen molar-refractivity contribution in [3.63, 3.8) is 0 Å². The summed E-state index contributed by atoms with van der Waals surface area (Å²) in [4.78, 5) is 22.3. The molecule has 0 amide bonds. The highest BCUT2D eigenvalue weighted by Gasteiger charge is 2.16. The van der Waals surface area contributed by atoms with Gasteiger partial charge in [0.25, 0.3) is 0 Å². The number of nitrogens with one attached hydrogen (secondary N) is 1. The molecule has 0 saturated carbocycles. The number of esters is 1. The largest absolute Gasteiger partial charge is 0.450 e. The van der Waals surface area contributed by atoms with Crippen LogP contribution < -0.4 is 4.72 Å². The van der Waals surface area contributed by atoms with E-state index in [1.54, 1.807) is 18.2 Å². The lowest BCUT2D eigenvalue weighted by molar-refractivity contribution is -0.115. The van der Waals surface area contributed by atoms with E-state index in [2.05, 4.69) is 4.72 Å². The molecule has 0 radical (unpaired) electrons. The summed E-state index contributed by atoms with van der Waals surface area (Å²) in [5.74, 6) is -0.678. The molecule has 6 nitrogen and oxygen atoms in total. The van der Waals surface area contributed by atoms with Gasteiger partial charge in [0.05, 0.1) is 18.4 Å². The summed E-state index contributed by atoms with van der Waals surface area (Å²) < 4.78 is 28.6. The Morgan fingerprint density at radius 3 is 2.50 bits per heavy atom. The lowest BCUT2D eigenvalue weighted by Gasteiger charge is -2.12. The minimum atomic E-state index is -3.43. The first-order chi connectivity index (χ1) is 8.42. The molecule has 0 heterocycles. The molecule has 0 spiro atoms. The van der Waals surface area contributed by atoms with Gasteiger partial charge in [-0.3, -0.25) is 4.79 Å². The van der Waals surface area contributed by atoms with Crippen LogP contribution in [0.3, 0.4) is 0 Å². The van der Waals surface area contributed by atoms with Crippen molar-refractivity contribution >= 4 is 22.3 Å². The maximum absolute atomic E-state index is 11.6. The third-order valence-corrected chi connectivity index (χ3v) is 2.66. The monoisotopic (exact) mass is 271 g/mol. The Morgan fingerprint density at radius 1 is 1.39 bits per heavy atom. The van der Waals surface area contributed by atoms with Gasteiger partial charge in [-0.15, -0.1) is 0 Å². The van der Waals surface area contributed by atoms with E-state index in [9.17, 15) is 18.0 Å². The molecule has 0 aliphatic carbocycles. The zero-order valence-electron chi connectivity index (χ0n) is 9.70. The fourth-order valence-corrected chi connectivity index (χ4v) is 1.60. The van der Waals surface area contributed by atoms with Crippen LogP contribution in [0.2, 0.25) is 0 Å². The predicted octanol–water partition coefficient (Wildman–Crippen LogP) is -0.0399. The number of rotatable bonds is 6. The maximum Gasteiger partial charge on any atom is 0.338 e. The number of ether oxygens (including phenoxy) is 1. The molecule has 18 heavy (non-hydrogen) atoms. The van der Waals surface area contributed by atoms with Crippen LogP contribution in [0.1, 0.15) is 10.4 Å². The zero-order valence-corrected chi connectivity index (χ0v) is 10.5. The van der Waals surface area contributed by atoms with E-state index in [0.29, 0.717) is 11.8 Å². The Bertz CT molecular complexity index is 511. The average molecular weight is 271 g/mol. The van der Waals surface area contributed by atoms with Gasteiger partial charge < -0.3 is 4.74 Å². The average Bonchev–Trinajstić information content (AvgIpc) is 2.34. The van der Waals surface area contributed by atoms with Crippen molar-refractivity contribution in [2.45, 2.75) is 6.10 Å². The van der Waals surface area contributed by atoms with Crippen molar-refractivity contribution in [1.29, 1.82) is 0 Å². The third-order valence-electron chi connectivity index (χ3n) is 1.97. The van der Waals surface area contributed by atoms with Gasteiger partial charge in [0, 0.05) is 0 Å². The van der Waals surface area contributed by atoms with E-state index in [4.69, 9.17) is 4.74 Å². The molecule has 0 aromatic heterocycles. The fourth-order valence-electron chi connectivity index (χ4n) is 1.13. The second-order valence-corrected chi connectivity index (χ2v) is 5.40. The van der Waals surface area contributed by atoms with Gasteiger partial charge in [-0.2, -0.15) is 0 Å². The van der Waals surface area contributed by atoms with E-state index in [1.807, 2.05) is 0 Å². The second kappa shape index (κ2) is 6.27. The van der Waals surface area contributed by atoms with Gasteiger partial charge in [-0.05, 0) is 12.1 Å². The van der Waals surface area contributed by atoms with Crippen molar-refractivity contribution in [1.82, 2.24) is 4.72 Å². The van der Waals surface area contributed by atoms with Crippen LogP contribution in [0.25, 0.3) is 0 Å². The molecule has 0 fully saturated rings. The van der Waals surface area contributed by atoms with E-state index in [1.165, 1.54) is 12.1 Å². The summed E-state index contributed by atoms with van der Waals surface area (Å²) in [5.41, 5.74) is 0.295. The Kier molecular flexibility index (Phi) is 4.99. The van der Waals surface area contributed by atoms with Crippen molar-refractivity contribution < 1.29 is 22.7 Å². The molecule has 98 valence electrons. The topological polar surface area (TPSA) is 89.5 Å². The summed E-state index contributed by atoms with van der Waals surface area (Å²) >= 11 is 0. The molecule has 1 unspecified atom stereocenters. The third kappa shape index (κ3) is 5.07. The van der Waals surface area contributed by atoms with Gasteiger partial charge in [0.2, 0.25) is 10.0 Å². The van der Waals surface area contributed by atoms with Crippen molar-refractivity contribution in [2.75, 3.05) is 12.8 Å². The highest BCUT2D eigenvalue weighted by molar-refractivity contribution is 7.88. The highest BCUT2D eigenvalue weighted by atomic mass is 32.2. The van der Waals surface area contributed by atoms with Crippen LogP contribution in [0.4, 0.5) is 0 Å². The van der Waals surface area contributed by atoms with Crippen LogP contribution in [-0.2, 0) is 19.6 Å². The molecule has 7 heteroatoms. The Morgan fingerprint density at radius 2 is 2.00 bits per heavy atom. The number of carbonyl (C=O) groups excluding carboxylic acids is 2. The van der Waals surface area contributed by atoms with E-state index in [0.717, 1.165) is 6.26 Å². The molecular formula is C11H13NO5S. The molecule has 0 bridgehead atoms. The predicted molar refractivity (Wildman–Crippen MR) is 64.6 cm³/mol. The van der Waals surface area contributed by atoms with Crippen LogP contribution in [0, 0.1) is 0 Å². The molecule has 1 aromatic carbocycles. The SMILES string of the molecule is CS(=O)(=O)NCC(C=O)OC(=O)c1ccccc1. The Balaban J connectivity index is 2.59. The molecule has 1 rings (SSSR count). The van der Waals surface area contributed by atoms with Crippen molar-refractivity contribution in [3.05, 3.63) is 35.9 Å². The van der Waals surface area contributed by atoms with E-state index >= 15 is 0 Å². The first-order valence-electron chi connectivity index (χ1n) is 5.08. The fraction of sp³-hybridized carbons (Fsp3) is 0.273. The highest BCUT2D eigenvalue weighted by Crippen LogP contribution is 2.02. The number of hydrogen-bond donors (Lipinski definition) is 1. The second-order valence-electron chi connectivity index (χ2n) is 3.57. The molecule has 0 aliphatic rings. The molecule has 0 aliphatic heterocycles. The number of sulfonamides is 1. The molecule has 1 N–H and O–H groups in total. The van der Waals surface area contributed by atoms with Crippen LogP contribution >= 0.6 is 0 Å². The first-order valence-corrected chi connectivity index (χ1v) is 6.97. The van der Waals surface area contributed by atoms with E-state index < -0.39 is 22.1 Å². The Labute approximate surface area is 105 Å². The standard InChI is InChI=1S/C11H13NO5S/c1-18(15,16)12-7-10(8-13)17-11(14)9-5-3-2-4-6-9/h2-6,8,10,12H,7H2,1H3. The first kappa shape index (κ1) is 14.3.